The van der Waals surface area contributed by atoms with Crippen molar-refractivity contribution in [2.45, 2.75) is 5.41 Å². The average molecular weight is 889 g/mol. The molecule has 0 bridgehead atoms. The maximum atomic E-state index is 6.56. The van der Waals surface area contributed by atoms with Crippen molar-refractivity contribution in [2.75, 3.05) is 4.90 Å². The van der Waals surface area contributed by atoms with E-state index in [-0.39, 0.29) is 0 Å². The fourth-order valence-electron chi connectivity index (χ4n) is 12.9. The normalized spacial score (nSPS) is 14.6. The van der Waals surface area contributed by atoms with Gasteiger partial charge in [-0.1, -0.05) is 188 Å². The van der Waals surface area contributed by atoms with Crippen LogP contribution in [0.2, 0.25) is 0 Å². The molecule has 324 valence electrons. The van der Waals surface area contributed by atoms with Crippen LogP contribution in [0.3, 0.4) is 0 Å². The van der Waals surface area contributed by atoms with E-state index in [1.54, 1.807) is 0 Å². The molecule has 0 amide bonds. The Hall–Kier alpha value is -9.18. The van der Waals surface area contributed by atoms with Crippen LogP contribution in [0.15, 0.2) is 247 Å². The fraction of sp³-hybridized carbons (Fsp3) is 0.0149. The molecule has 14 aromatic rings. The molecular formula is C67H40N2O. The third kappa shape index (κ3) is 4.88. The highest BCUT2D eigenvalue weighted by molar-refractivity contribution is 6.26. The molecule has 0 radical (unpaired) electrons. The standard InChI is InChI=1S/C67H40N2O/c1-2-17-48-46(15-1)47-16-3-4-18-49(47)57-39-43(35-37-50(48)57)68(42-33-31-41(32-34-42)45-22-13-24-56-54-21-7-12-30-64(54)70-66(45)56)44-36-38-52-51-19-5-8-25-58(51)67(61(52)40-44)59-26-9-11-29-63(59)69-62-28-10-6-20-53(62)55-23-14-27-60(67)65(55)69/h1-40H. The summed E-state index contributed by atoms with van der Waals surface area (Å²) in [6.45, 7) is 0. The van der Waals surface area contributed by atoms with Crippen LogP contribution in [0.1, 0.15) is 22.3 Å². The first kappa shape index (κ1) is 37.9. The predicted octanol–water partition coefficient (Wildman–Crippen LogP) is 18.0. The molecule has 70 heavy (non-hydrogen) atoms. The van der Waals surface area contributed by atoms with Crippen molar-refractivity contribution < 1.29 is 4.42 Å². The summed E-state index contributed by atoms with van der Waals surface area (Å²) in [6, 6.07) is 90.0. The van der Waals surface area contributed by atoms with Crippen molar-refractivity contribution in [2.24, 2.45) is 0 Å². The van der Waals surface area contributed by atoms with Gasteiger partial charge in [-0.3, -0.25) is 0 Å². The van der Waals surface area contributed by atoms with Crippen molar-refractivity contribution in [3.63, 3.8) is 0 Å². The number of aromatic nitrogens is 1. The Morgan fingerprint density at radius 1 is 0.329 bits per heavy atom. The van der Waals surface area contributed by atoms with Crippen LogP contribution in [0.5, 0.6) is 0 Å². The van der Waals surface area contributed by atoms with E-state index >= 15 is 0 Å². The second kappa shape index (κ2) is 13.9. The molecule has 0 N–H and O–H groups in total. The summed E-state index contributed by atoms with van der Waals surface area (Å²) in [5, 5.41) is 12.3. The minimum Gasteiger partial charge on any atom is -0.455 e. The third-order valence-electron chi connectivity index (χ3n) is 15.8. The smallest absolute Gasteiger partial charge is 0.143 e. The SMILES string of the molecule is c1ccc2c(c1)-c1ccc(N(c3ccc(-c4cccc5c4oc4ccccc45)cc3)c3ccc4c5ccccc5c5ccccc5c4c3)cc1C21c2ccccc2-n2c3ccccc3c3cccc1c32. The Kier molecular flexibility index (Phi) is 7.54. The zero-order chi connectivity index (χ0) is 45.7. The van der Waals surface area contributed by atoms with Crippen LogP contribution in [0.4, 0.5) is 17.1 Å². The van der Waals surface area contributed by atoms with Crippen molar-refractivity contribution in [1.29, 1.82) is 0 Å². The first-order valence-corrected chi connectivity index (χ1v) is 24.2. The molecule has 3 heterocycles. The van der Waals surface area contributed by atoms with Gasteiger partial charge in [0.25, 0.3) is 0 Å². The van der Waals surface area contributed by atoms with Gasteiger partial charge in [0.15, 0.2) is 0 Å². The van der Waals surface area contributed by atoms with Gasteiger partial charge in [0.1, 0.15) is 11.2 Å². The van der Waals surface area contributed by atoms with Gasteiger partial charge in [-0.15, -0.1) is 0 Å². The molecule has 3 heteroatoms. The van der Waals surface area contributed by atoms with E-state index in [1.807, 2.05) is 6.07 Å². The van der Waals surface area contributed by atoms with Crippen molar-refractivity contribution in [3.05, 3.63) is 265 Å². The Balaban J connectivity index is 0.963. The van der Waals surface area contributed by atoms with Crippen LogP contribution < -0.4 is 4.90 Å². The number of furan rings is 1. The molecule has 12 aromatic carbocycles. The number of hydrogen-bond donors (Lipinski definition) is 0. The Bertz CT molecular complexity index is 4520. The molecule has 1 atom stereocenters. The minimum absolute atomic E-state index is 0.582. The van der Waals surface area contributed by atoms with E-state index in [0.717, 1.165) is 50.1 Å². The molecule has 0 saturated heterocycles. The molecule has 0 fully saturated rings. The summed E-state index contributed by atoms with van der Waals surface area (Å²) in [5.41, 5.74) is 18.2. The quantitative estimate of drug-likeness (QED) is 0.164. The topological polar surface area (TPSA) is 21.3 Å². The van der Waals surface area contributed by atoms with Gasteiger partial charge in [0, 0.05) is 44.2 Å². The number of para-hydroxylation sites is 5. The number of nitrogens with zero attached hydrogens (tertiary/aromatic N) is 2. The van der Waals surface area contributed by atoms with Crippen LogP contribution >= 0.6 is 0 Å². The molecule has 1 aliphatic heterocycles. The Morgan fingerprint density at radius 2 is 0.871 bits per heavy atom. The zero-order valence-corrected chi connectivity index (χ0v) is 37.9. The monoisotopic (exact) mass is 888 g/mol. The van der Waals surface area contributed by atoms with Crippen LogP contribution in [0, 0.1) is 0 Å². The van der Waals surface area contributed by atoms with E-state index in [2.05, 4.69) is 246 Å². The van der Waals surface area contributed by atoms with Gasteiger partial charge in [-0.05, 0) is 126 Å². The molecule has 3 nitrogen and oxygen atoms in total. The van der Waals surface area contributed by atoms with E-state index in [0.29, 0.717) is 0 Å². The second-order valence-electron chi connectivity index (χ2n) is 19.1. The highest BCUT2D eigenvalue weighted by atomic mass is 16.3. The average Bonchev–Trinajstić information content (AvgIpc) is 4.08. The number of fused-ring (bicyclic) bond motifs is 21. The lowest BCUT2D eigenvalue weighted by molar-refractivity contribution is 0.670. The first-order chi connectivity index (χ1) is 34.7. The maximum Gasteiger partial charge on any atom is 0.143 e. The van der Waals surface area contributed by atoms with Gasteiger partial charge in [0.2, 0.25) is 0 Å². The van der Waals surface area contributed by atoms with Crippen LogP contribution in [0.25, 0.3) is 104 Å². The minimum atomic E-state index is -0.582. The van der Waals surface area contributed by atoms with Crippen molar-refractivity contribution >= 4 is 93.1 Å². The summed E-state index contributed by atoms with van der Waals surface area (Å²) < 4.78 is 9.08. The highest BCUT2D eigenvalue weighted by Crippen LogP contribution is 2.62. The molecule has 1 spiro atoms. The zero-order valence-electron chi connectivity index (χ0n) is 37.9. The number of benzene rings is 12. The van der Waals surface area contributed by atoms with Gasteiger partial charge in [-0.25, -0.2) is 0 Å². The molecular weight excluding hydrogens is 849 g/mol. The second-order valence-corrected chi connectivity index (χ2v) is 19.1. The highest BCUT2D eigenvalue weighted by Gasteiger charge is 2.51. The van der Waals surface area contributed by atoms with Gasteiger partial charge in [-0.2, -0.15) is 0 Å². The molecule has 2 aliphatic rings. The lowest BCUT2D eigenvalue weighted by Gasteiger charge is -2.40. The van der Waals surface area contributed by atoms with E-state index in [9.17, 15) is 0 Å². The van der Waals surface area contributed by atoms with Crippen LogP contribution in [-0.2, 0) is 5.41 Å². The first-order valence-electron chi connectivity index (χ1n) is 24.2. The molecule has 1 unspecified atom stereocenters. The van der Waals surface area contributed by atoms with E-state index in [1.165, 1.54) is 93.2 Å². The molecule has 1 aliphatic carbocycles. The largest absolute Gasteiger partial charge is 0.455 e. The summed E-state index contributed by atoms with van der Waals surface area (Å²) >= 11 is 0. The Morgan fingerprint density at radius 3 is 1.69 bits per heavy atom. The number of anilines is 3. The van der Waals surface area contributed by atoms with Crippen molar-refractivity contribution in [3.8, 4) is 27.9 Å². The maximum absolute atomic E-state index is 6.56. The van der Waals surface area contributed by atoms with Crippen molar-refractivity contribution in [1.82, 2.24) is 4.57 Å². The lowest BCUT2D eigenvalue weighted by atomic mass is 9.65. The molecule has 16 rings (SSSR count). The number of hydrogen-bond acceptors (Lipinski definition) is 2. The summed E-state index contributed by atoms with van der Waals surface area (Å²) in [6.07, 6.45) is 0. The van der Waals surface area contributed by atoms with Gasteiger partial charge < -0.3 is 13.9 Å². The number of rotatable bonds is 4. The van der Waals surface area contributed by atoms with Gasteiger partial charge in [0.05, 0.1) is 22.1 Å². The Labute approximate surface area is 403 Å². The van der Waals surface area contributed by atoms with Crippen LogP contribution in [-0.4, -0.2) is 4.57 Å². The van der Waals surface area contributed by atoms with Gasteiger partial charge >= 0.3 is 0 Å². The summed E-state index contributed by atoms with van der Waals surface area (Å²) in [5.74, 6) is 0. The predicted molar refractivity (Wildman–Crippen MR) is 292 cm³/mol. The van der Waals surface area contributed by atoms with E-state index in [4.69, 9.17) is 4.42 Å². The summed E-state index contributed by atoms with van der Waals surface area (Å²) in [7, 11) is 0. The molecule has 0 saturated carbocycles. The lowest BCUT2D eigenvalue weighted by Crippen LogP contribution is -2.33. The van der Waals surface area contributed by atoms with E-state index < -0.39 is 5.41 Å². The molecule has 2 aromatic heterocycles. The fourth-order valence-corrected chi connectivity index (χ4v) is 12.9. The third-order valence-corrected chi connectivity index (χ3v) is 15.8. The summed E-state index contributed by atoms with van der Waals surface area (Å²) in [4.78, 5) is 2.47.